The van der Waals surface area contributed by atoms with Crippen molar-refractivity contribution in [2.75, 3.05) is 13.6 Å². The van der Waals surface area contributed by atoms with Crippen molar-refractivity contribution in [3.05, 3.63) is 35.6 Å². The van der Waals surface area contributed by atoms with E-state index in [0.717, 1.165) is 18.4 Å². The summed E-state index contributed by atoms with van der Waals surface area (Å²) in [5.41, 5.74) is 0.562. The summed E-state index contributed by atoms with van der Waals surface area (Å²) in [6.45, 7) is 0.447. The van der Waals surface area contributed by atoms with Crippen molar-refractivity contribution in [1.82, 2.24) is 10.2 Å². The number of rotatable bonds is 4. The molecule has 2 unspecified atom stereocenters. The molecule has 1 aromatic rings. The predicted octanol–water partition coefficient (Wildman–Crippen LogP) is 1.73. The summed E-state index contributed by atoms with van der Waals surface area (Å²) in [6, 6.07) is 5.75. The van der Waals surface area contributed by atoms with Gasteiger partial charge in [-0.2, -0.15) is 0 Å². The third-order valence-corrected chi connectivity index (χ3v) is 4.99. The quantitative estimate of drug-likeness (QED) is 0.886. The lowest BCUT2D eigenvalue weighted by Crippen LogP contribution is -2.50. The molecule has 2 fully saturated rings. The monoisotopic (exact) mass is 320 g/mol. The Morgan fingerprint density at radius 3 is 2.43 bits per heavy atom. The van der Waals surface area contributed by atoms with Crippen molar-refractivity contribution in [3.63, 3.8) is 0 Å². The van der Waals surface area contributed by atoms with Gasteiger partial charge in [0.15, 0.2) is 0 Å². The van der Waals surface area contributed by atoms with Crippen molar-refractivity contribution in [2.45, 2.75) is 37.3 Å². The Labute approximate surface area is 134 Å². The van der Waals surface area contributed by atoms with E-state index in [1.807, 2.05) is 0 Å². The van der Waals surface area contributed by atoms with Gasteiger partial charge in [-0.1, -0.05) is 12.1 Å². The Kier molecular flexibility index (Phi) is 4.10. The molecule has 0 spiro atoms. The number of carboxylic acids is 1. The van der Waals surface area contributed by atoms with Gasteiger partial charge in [0, 0.05) is 6.54 Å². The largest absolute Gasteiger partial charge is 0.480 e. The van der Waals surface area contributed by atoms with Crippen molar-refractivity contribution >= 4 is 11.9 Å². The van der Waals surface area contributed by atoms with Gasteiger partial charge < -0.3 is 10.4 Å². The molecule has 124 valence electrons. The molecule has 1 saturated carbocycles. The topological polar surface area (TPSA) is 69.6 Å². The normalized spacial score (nSPS) is 26.5. The number of amides is 1. The summed E-state index contributed by atoms with van der Waals surface area (Å²) < 4.78 is 13.1. The molecule has 1 saturated heterocycles. The van der Waals surface area contributed by atoms with Gasteiger partial charge in [0.2, 0.25) is 5.91 Å². The van der Waals surface area contributed by atoms with Crippen LogP contribution in [0, 0.1) is 11.7 Å². The van der Waals surface area contributed by atoms with E-state index in [9.17, 15) is 14.0 Å². The number of piperidine rings is 1. The molecule has 6 heteroatoms. The van der Waals surface area contributed by atoms with Crippen LogP contribution in [0.3, 0.4) is 0 Å². The van der Waals surface area contributed by atoms with E-state index in [-0.39, 0.29) is 23.2 Å². The van der Waals surface area contributed by atoms with Crippen LogP contribution >= 0.6 is 0 Å². The van der Waals surface area contributed by atoms with Crippen molar-refractivity contribution in [3.8, 4) is 0 Å². The van der Waals surface area contributed by atoms with Gasteiger partial charge in [0.25, 0.3) is 0 Å². The predicted molar refractivity (Wildman–Crippen MR) is 82.2 cm³/mol. The van der Waals surface area contributed by atoms with E-state index in [1.165, 1.54) is 12.1 Å². The van der Waals surface area contributed by atoms with Crippen LogP contribution in [0.5, 0.6) is 0 Å². The number of carbonyl (C=O) groups excluding carboxylic acids is 1. The van der Waals surface area contributed by atoms with Crippen LogP contribution in [0.1, 0.15) is 31.2 Å². The van der Waals surface area contributed by atoms with Crippen LogP contribution in [-0.4, -0.2) is 41.5 Å². The second-order valence-electron chi connectivity index (χ2n) is 6.65. The van der Waals surface area contributed by atoms with Gasteiger partial charge in [-0.05, 0) is 50.4 Å². The van der Waals surface area contributed by atoms with Crippen LogP contribution in [0.25, 0.3) is 0 Å². The maximum atomic E-state index is 13.1. The highest BCUT2D eigenvalue weighted by molar-refractivity contribution is 5.81. The van der Waals surface area contributed by atoms with Gasteiger partial charge >= 0.3 is 5.97 Å². The first-order chi connectivity index (χ1) is 10.9. The van der Waals surface area contributed by atoms with E-state index >= 15 is 0 Å². The number of likely N-dealkylation sites (tertiary alicyclic amines) is 1. The first-order valence-corrected chi connectivity index (χ1v) is 7.92. The van der Waals surface area contributed by atoms with E-state index in [2.05, 4.69) is 5.32 Å². The molecule has 2 N–H and O–H groups in total. The fraction of sp³-hybridized carbons (Fsp3) is 0.529. The molecule has 5 nitrogen and oxygen atoms in total. The summed E-state index contributed by atoms with van der Waals surface area (Å²) in [6.07, 6.45) is 2.76. The van der Waals surface area contributed by atoms with Crippen LogP contribution < -0.4 is 5.32 Å². The highest BCUT2D eigenvalue weighted by atomic mass is 19.1. The molecule has 2 aliphatic rings. The number of hydrogen-bond acceptors (Lipinski definition) is 3. The maximum Gasteiger partial charge on any atom is 0.320 e. The lowest BCUT2D eigenvalue weighted by molar-refractivity contribution is -0.146. The second kappa shape index (κ2) is 5.92. The number of aliphatic carboxylic acids is 1. The SMILES string of the molecule is CN1CC(C(=O)NC2(c3ccc(F)cc3)CC2)CCC1C(=O)O. The molecule has 1 heterocycles. The molecule has 0 bridgehead atoms. The number of halogens is 1. The number of likely N-dealkylation sites (N-methyl/N-ethyl adjacent to an activating group) is 1. The zero-order valence-electron chi connectivity index (χ0n) is 13.1. The van der Waals surface area contributed by atoms with Gasteiger partial charge in [0.1, 0.15) is 11.9 Å². The van der Waals surface area contributed by atoms with Crippen LogP contribution in [-0.2, 0) is 15.1 Å². The van der Waals surface area contributed by atoms with Gasteiger partial charge in [-0.15, -0.1) is 0 Å². The zero-order valence-corrected chi connectivity index (χ0v) is 13.1. The third-order valence-electron chi connectivity index (χ3n) is 4.99. The molecule has 23 heavy (non-hydrogen) atoms. The second-order valence-corrected chi connectivity index (χ2v) is 6.65. The number of carboxylic acid groups (broad SMARTS) is 1. The molecule has 3 rings (SSSR count). The average Bonchev–Trinajstić information content (AvgIpc) is 3.28. The first-order valence-electron chi connectivity index (χ1n) is 7.92. The summed E-state index contributed by atoms with van der Waals surface area (Å²) in [5.74, 6) is -1.36. The lowest BCUT2D eigenvalue weighted by Gasteiger charge is -2.34. The average molecular weight is 320 g/mol. The number of nitrogens with one attached hydrogen (secondary N) is 1. The number of hydrogen-bond donors (Lipinski definition) is 2. The van der Waals surface area contributed by atoms with Crippen molar-refractivity contribution in [1.29, 1.82) is 0 Å². The van der Waals surface area contributed by atoms with E-state index in [1.54, 1.807) is 24.1 Å². The molecule has 1 aliphatic carbocycles. The van der Waals surface area contributed by atoms with Gasteiger partial charge in [-0.3, -0.25) is 14.5 Å². The zero-order chi connectivity index (χ0) is 16.6. The Hall–Kier alpha value is -1.95. The standard InChI is InChI=1S/C17H21FN2O3/c1-20-10-11(2-7-14(20)16(22)23)15(21)19-17(8-9-17)12-3-5-13(18)6-4-12/h3-6,11,14H,2,7-10H2,1H3,(H,19,21)(H,22,23). The summed E-state index contributed by atoms with van der Waals surface area (Å²) in [4.78, 5) is 25.4. The molecule has 1 amide bonds. The Bertz CT molecular complexity index is 613. The number of nitrogens with zero attached hydrogens (tertiary/aromatic N) is 1. The molecule has 1 aromatic carbocycles. The fourth-order valence-corrected chi connectivity index (χ4v) is 3.39. The number of carbonyl (C=O) groups is 2. The van der Waals surface area contributed by atoms with E-state index in [0.29, 0.717) is 19.4 Å². The molecular weight excluding hydrogens is 299 g/mol. The van der Waals surface area contributed by atoms with E-state index in [4.69, 9.17) is 5.11 Å². The minimum atomic E-state index is -0.837. The molecule has 0 aromatic heterocycles. The lowest BCUT2D eigenvalue weighted by atomic mass is 9.91. The van der Waals surface area contributed by atoms with Crippen LogP contribution in [0.4, 0.5) is 4.39 Å². The minimum Gasteiger partial charge on any atom is -0.480 e. The van der Waals surface area contributed by atoms with Gasteiger partial charge in [0.05, 0.1) is 11.5 Å². The highest BCUT2D eigenvalue weighted by Gasteiger charge is 2.47. The van der Waals surface area contributed by atoms with Crippen LogP contribution in [0.15, 0.2) is 24.3 Å². The van der Waals surface area contributed by atoms with Crippen molar-refractivity contribution < 1.29 is 19.1 Å². The van der Waals surface area contributed by atoms with Crippen molar-refractivity contribution in [2.24, 2.45) is 5.92 Å². The van der Waals surface area contributed by atoms with Gasteiger partial charge in [-0.25, -0.2) is 4.39 Å². The Balaban J connectivity index is 1.64. The maximum absolute atomic E-state index is 13.1. The molecule has 0 radical (unpaired) electrons. The molecule has 2 atom stereocenters. The Morgan fingerprint density at radius 2 is 1.91 bits per heavy atom. The van der Waals surface area contributed by atoms with E-state index < -0.39 is 12.0 Å². The summed E-state index contributed by atoms with van der Waals surface area (Å²) >= 11 is 0. The minimum absolute atomic E-state index is 0.0393. The number of benzene rings is 1. The molecule has 1 aliphatic heterocycles. The Morgan fingerprint density at radius 1 is 1.26 bits per heavy atom. The van der Waals surface area contributed by atoms with Crippen LogP contribution in [0.2, 0.25) is 0 Å². The fourth-order valence-electron chi connectivity index (χ4n) is 3.39. The highest BCUT2D eigenvalue weighted by Crippen LogP contribution is 2.45. The molecular formula is C17H21FN2O3. The third kappa shape index (κ3) is 3.22. The first kappa shape index (κ1) is 15.9. The summed E-state index contributed by atoms with van der Waals surface area (Å²) in [5, 5.41) is 12.2. The smallest absolute Gasteiger partial charge is 0.320 e. The summed E-state index contributed by atoms with van der Waals surface area (Å²) in [7, 11) is 1.74.